The average molecular weight is 436 g/mol. The number of thiophene rings is 1. The highest BCUT2D eigenvalue weighted by molar-refractivity contribution is 7.16. The molecule has 2 aromatic heterocycles. The standard InChI is InChI=1S/C25H33N5S/c1-4-6-7-12-22-29-14-13-20(30-22)16(3)17(9-5-2)24(27)18-10-8-11-21-23(18)19(15-26)25(28)31-21/h13-14,18,27H,4-12,28H2,1-3H3/b17-16+,27-24?. The highest BCUT2D eigenvalue weighted by atomic mass is 32.1. The van der Waals surface area contributed by atoms with Gasteiger partial charge in [0.1, 0.15) is 16.9 Å². The first kappa shape index (κ1) is 23.1. The van der Waals surface area contributed by atoms with E-state index in [9.17, 15) is 10.7 Å². The van der Waals surface area contributed by atoms with Crippen LogP contribution in [0.25, 0.3) is 5.57 Å². The van der Waals surface area contributed by atoms with Crippen LogP contribution in [0.2, 0.25) is 0 Å². The van der Waals surface area contributed by atoms with Gasteiger partial charge < -0.3 is 11.1 Å². The second kappa shape index (κ2) is 10.7. The van der Waals surface area contributed by atoms with Crippen molar-refractivity contribution in [3.63, 3.8) is 0 Å². The van der Waals surface area contributed by atoms with E-state index in [-0.39, 0.29) is 5.92 Å². The number of hydrogen-bond donors (Lipinski definition) is 2. The van der Waals surface area contributed by atoms with E-state index in [1.807, 2.05) is 12.3 Å². The number of nitriles is 1. The Morgan fingerprint density at radius 3 is 2.84 bits per heavy atom. The second-order valence-corrected chi connectivity index (χ2v) is 9.45. The van der Waals surface area contributed by atoms with Crippen molar-refractivity contribution in [1.82, 2.24) is 9.97 Å². The Morgan fingerprint density at radius 2 is 2.13 bits per heavy atom. The van der Waals surface area contributed by atoms with E-state index in [0.717, 1.165) is 73.2 Å². The normalized spacial score (nSPS) is 16.4. The van der Waals surface area contributed by atoms with Gasteiger partial charge in [0.25, 0.3) is 0 Å². The summed E-state index contributed by atoms with van der Waals surface area (Å²) in [6.45, 7) is 6.42. The molecule has 2 aromatic rings. The van der Waals surface area contributed by atoms with Crippen LogP contribution in [0.1, 0.15) is 99.2 Å². The van der Waals surface area contributed by atoms with Crippen LogP contribution in [0, 0.1) is 16.7 Å². The molecule has 0 spiro atoms. The first-order chi connectivity index (χ1) is 15.0. The zero-order valence-electron chi connectivity index (χ0n) is 18.9. The van der Waals surface area contributed by atoms with E-state index in [0.29, 0.717) is 16.3 Å². The summed E-state index contributed by atoms with van der Waals surface area (Å²) in [5.74, 6) is 0.819. The summed E-state index contributed by atoms with van der Waals surface area (Å²) in [6.07, 6.45) is 10.8. The van der Waals surface area contributed by atoms with Crippen molar-refractivity contribution in [1.29, 1.82) is 10.7 Å². The predicted octanol–water partition coefficient (Wildman–Crippen LogP) is 6.44. The van der Waals surface area contributed by atoms with E-state index >= 15 is 0 Å². The van der Waals surface area contributed by atoms with Crippen LogP contribution in [-0.4, -0.2) is 15.7 Å². The maximum absolute atomic E-state index is 9.69. The average Bonchev–Trinajstić information content (AvgIpc) is 3.12. The van der Waals surface area contributed by atoms with Crippen LogP contribution in [0.4, 0.5) is 5.00 Å². The number of aromatic nitrogens is 2. The summed E-state index contributed by atoms with van der Waals surface area (Å²) >= 11 is 1.53. The van der Waals surface area contributed by atoms with Crippen molar-refractivity contribution in [3.05, 3.63) is 45.4 Å². The highest BCUT2D eigenvalue weighted by Gasteiger charge is 2.32. The van der Waals surface area contributed by atoms with Crippen LogP contribution in [0.15, 0.2) is 17.8 Å². The van der Waals surface area contributed by atoms with Gasteiger partial charge in [0, 0.05) is 29.1 Å². The number of rotatable bonds is 9. The number of aryl methyl sites for hydroxylation is 2. The molecule has 0 fully saturated rings. The lowest BCUT2D eigenvalue weighted by Crippen LogP contribution is -2.20. The SMILES string of the molecule is CCCCCc1nccc(/C(C)=C(\CCC)C(=N)C2CCCc3sc(N)c(C#N)c32)n1. The van der Waals surface area contributed by atoms with Crippen LogP contribution < -0.4 is 5.73 Å². The predicted molar refractivity (Wildman–Crippen MR) is 130 cm³/mol. The van der Waals surface area contributed by atoms with Gasteiger partial charge in [-0.05, 0) is 61.8 Å². The van der Waals surface area contributed by atoms with E-state index < -0.39 is 0 Å². The molecule has 1 atom stereocenters. The number of anilines is 1. The molecule has 1 unspecified atom stereocenters. The van der Waals surface area contributed by atoms with Gasteiger partial charge in [0.2, 0.25) is 0 Å². The number of nitrogens with one attached hydrogen (secondary N) is 1. The van der Waals surface area contributed by atoms with E-state index in [4.69, 9.17) is 10.7 Å². The molecule has 1 aliphatic rings. The van der Waals surface area contributed by atoms with Crippen molar-refractivity contribution in [2.75, 3.05) is 5.73 Å². The third-order valence-electron chi connectivity index (χ3n) is 6.13. The zero-order valence-corrected chi connectivity index (χ0v) is 19.7. The third kappa shape index (κ3) is 5.04. The molecule has 6 heteroatoms. The monoisotopic (exact) mass is 435 g/mol. The van der Waals surface area contributed by atoms with Gasteiger partial charge in [0.15, 0.2) is 0 Å². The van der Waals surface area contributed by atoms with Crippen molar-refractivity contribution in [2.45, 2.75) is 84.5 Å². The van der Waals surface area contributed by atoms with Gasteiger partial charge in [-0.2, -0.15) is 5.26 Å². The molecule has 5 nitrogen and oxygen atoms in total. The zero-order chi connectivity index (χ0) is 22.4. The topological polar surface area (TPSA) is 99.4 Å². The van der Waals surface area contributed by atoms with Crippen molar-refractivity contribution >= 4 is 27.6 Å². The lowest BCUT2D eigenvalue weighted by Gasteiger charge is -2.26. The Balaban J connectivity index is 1.98. The summed E-state index contributed by atoms with van der Waals surface area (Å²) in [5, 5.41) is 19.5. The molecule has 3 rings (SSSR count). The number of nitrogen functional groups attached to an aromatic ring is 1. The fourth-order valence-electron chi connectivity index (χ4n) is 4.48. The third-order valence-corrected chi connectivity index (χ3v) is 7.22. The fourth-order valence-corrected chi connectivity index (χ4v) is 5.60. The Hall–Kier alpha value is -2.52. The molecule has 2 heterocycles. The minimum atomic E-state index is -0.0608. The molecule has 0 aromatic carbocycles. The number of allylic oxidation sites excluding steroid dienone is 2. The largest absolute Gasteiger partial charge is 0.389 e. The minimum absolute atomic E-state index is 0.0608. The van der Waals surface area contributed by atoms with Gasteiger partial charge in [-0.25, -0.2) is 9.97 Å². The first-order valence-corrected chi connectivity index (χ1v) is 12.2. The highest BCUT2D eigenvalue weighted by Crippen LogP contribution is 2.44. The van der Waals surface area contributed by atoms with Gasteiger partial charge in [-0.1, -0.05) is 33.1 Å². The molecule has 31 heavy (non-hydrogen) atoms. The van der Waals surface area contributed by atoms with Gasteiger partial charge in [-0.15, -0.1) is 11.3 Å². The van der Waals surface area contributed by atoms with Crippen LogP contribution >= 0.6 is 11.3 Å². The van der Waals surface area contributed by atoms with Gasteiger partial charge in [-0.3, -0.25) is 0 Å². The van der Waals surface area contributed by atoms with Crippen molar-refractivity contribution < 1.29 is 0 Å². The lowest BCUT2D eigenvalue weighted by molar-refractivity contribution is 0.654. The summed E-state index contributed by atoms with van der Waals surface area (Å²) in [5.41, 5.74) is 11.4. The number of nitrogens with zero attached hydrogens (tertiary/aromatic N) is 3. The number of nitrogens with two attached hydrogens (primary N) is 1. The number of fused-ring (bicyclic) bond motifs is 1. The Labute approximate surface area is 189 Å². The quantitative estimate of drug-likeness (QED) is 0.350. The summed E-state index contributed by atoms with van der Waals surface area (Å²) < 4.78 is 0. The smallest absolute Gasteiger partial charge is 0.128 e. The van der Waals surface area contributed by atoms with Gasteiger partial charge >= 0.3 is 0 Å². The molecule has 164 valence electrons. The van der Waals surface area contributed by atoms with Crippen molar-refractivity contribution in [2.24, 2.45) is 0 Å². The molecule has 1 aliphatic carbocycles. The van der Waals surface area contributed by atoms with Crippen LogP contribution in [-0.2, 0) is 12.8 Å². The molecule has 3 N–H and O–H groups in total. The van der Waals surface area contributed by atoms with Crippen LogP contribution in [0.3, 0.4) is 0 Å². The fraction of sp³-hybridized carbons (Fsp3) is 0.520. The maximum atomic E-state index is 9.69. The maximum Gasteiger partial charge on any atom is 0.128 e. The minimum Gasteiger partial charge on any atom is -0.389 e. The Kier molecular flexibility index (Phi) is 7.97. The van der Waals surface area contributed by atoms with Crippen LogP contribution in [0.5, 0.6) is 0 Å². The van der Waals surface area contributed by atoms with E-state index in [2.05, 4.69) is 31.8 Å². The van der Waals surface area contributed by atoms with Crippen molar-refractivity contribution in [3.8, 4) is 6.07 Å². The lowest BCUT2D eigenvalue weighted by atomic mass is 9.78. The molecule has 0 saturated heterocycles. The first-order valence-electron chi connectivity index (χ1n) is 11.4. The number of unbranched alkanes of at least 4 members (excludes halogenated alkanes) is 2. The molecule has 0 saturated carbocycles. The molecule has 0 aliphatic heterocycles. The summed E-state index contributed by atoms with van der Waals surface area (Å²) in [4.78, 5) is 10.5. The van der Waals surface area contributed by atoms with E-state index in [1.165, 1.54) is 29.1 Å². The molecule has 0 radical (unpaired) electrons. The van der Waals surface area contributed by atoms with E-state index in [1.54, 1.807) is 0 Å². The molecular formula is C25H33N5S. The van der Waals surface area contributed by atoms with Gasteiger partial charge in [0.05, 0.1) is 11.3 Å². The Bertz CT molecular complexity index is 1010. The summed E-state index contributed by atoms with van der Waals surface area (Å²) in [6, 6.07) is 4.26. The second-order valence-electron chi connectivity index (χ2n) is 8.32. The molecule has 0 amide bonds. The Morgan fingerprint density at radius 1 is 1.32 bits per heavy atom. The molecular weight excluding hydrogens is 402 g/mol. The summed E-state index contributed by atoms with van der Waals surface area (Å²) in [7, 11) is 0. The number of hydrogen-bond acceptors (Lipinski definition) is 6. The molecule has 0 bridgehead atoms.